The minimum Gasteiger partial charge on any atom is -0.336 e. The van der Waals surface area contributed by atoms with Gasteiger partial charge in [-0.2, -0.15) is 0 Å². The molecular formula is C15H24N6O2. The fourth-order valence-electron chi connectivity index (χ4n) is 2.39. The van der Waals surface area contributed by atoms with E-state index >= 15 is 0 Å². The molecule has 0 bridgehead atoms. The lowest BCUT2D eigenvalue weighted by Crippen LogP contribution is -2.56. The zero-order chi connectivity index (χ0) is 16.8. The molecule has 2 rings (SSSR count). The Hall–Kier alpha value is -2.22. The van der Waals surface area contributed by atoms with Crippen LogP contribution in [0.4, 0.5) is 10.7 Å². The Kier molecular flexibility index (Phi) is 5.86. The molecule has 8 heteroatoms. The summed E-state index contributed by atoms with van der Waals surface area (Å²) in [7, 11) is 0. The van der Waals surface area contributed by atoms with Crippen LogP contribution in [0.25, 0.3) is 0 Å². The van der Waals surface area contributed by atoms with Crippen molar-refractivity contribution in [1.29, 1.82) is 0 Å². The fraction of sp³-hybridized carbons (Fsp3) is 0.600. The Morgan fingerprint density at radius 1 is 1.09 bits per heavy atom. The molecule has 8 nitrogen and oxygen atoms in total. The van der Waals surface area contributed by atoms with E-state index in [1.807, 2.05) is 20.8 Å². The molecule has 1 aromatic heterocycles. The maximum Gasteiger partial charge on any atom is 0.317 e. The number of nitrogens with one attached hydrogen (secondary N) is 2. The largest absolute Gasteiger partial charge is 0.336 e. The third-order valence-electron chi connectivity index (χ3n) is 3.74. The van der Waals surface area contributed by atoms with E-state index in [4.69, 9.17) is 0 Å². The smallest absolute Gasteiger partial charge is 0.317 e. The number of piperazine rings is 1. The van der Waals surface area contributed by atoms with Crippen molar-refractivity contribution in [3.8, 4) is 0 Å². The lowest BCUT2D eigenvalue weighted by atomic mass is 10.2. The Morgan fingerprint density at radius 3 is 2.26 bits per heavy atom. The lowest BCUT2D eigenvalue weighted by Gasteiger charge is -2.37. The normalized spacial score (nSPS) is 17.0. The molecule has 0 radical (unpaired) electrons. The molecule has 0 aromatic carbocycles. The zero-order valence-corrected chi connectivity index (χ0v) is 13.8. The summed E-state index contributed by atoms with van der Waals surface area (Å²) in [6.45, 7) is 8.27. The molecule has 1 fully saturated rings. The van der Waals surface area contributed by atoms with Crippen LogP contribution < -0.4 is 10.6 Å². The van der Waals surface area contributed by atoms with E-state index in [9.17, 15) is 9.59 Å². The maximum absolute atomic E-state index is 12.2. The minimum atomic E-state index is -0.297. The number of anilines is 1. The first-order valence-corrected chi connectivity index (χ1v) is 7.84. The molecule has 1 aliphatic rings. The van der Waals surface area contributed by atoms with Crippen molar-refractivity contribution >= 4 is 17.9 Å². The van der Waals surface area contributed by atoms with E-state index in [2.05, 4.69) is 25.5 Å². The molecule has 0 spiro atoms. The number of hydrogen-bond donors (Lipinski definition) is 2. The van der Waals surface area contributed by atoms with Gasteiger partial charge in [-0.05, 0) is 26.8 Å². The van der Waals surface area contributed by atoms with Gasteiger partial charge >= 0.3 is 6.03 Å². The van der Waals surface area contributed by atoms with E-state index in [1.165, 1.54) is 0 Å². The molecule has 1 atom stereocenters. The number of hydrogen-bond acceptors (Lipinski definition) is 5. The molecule has 23 heavy (non-hydrogen) atoms. The van der Waals surface area contributed by atoms with Crippen LogP contribution in [0.5, 0.6) is 0 Å². The number of rotatable bonds is 4. The second kappa shape index (κ2) is 7.87. The van der Waals surface area contributed by atoms with Gasteiger partial charge in [0.15, 0.2) is 0 Å². The molecular weight excluding hydrogens is 296 g/mol. The second-order valence-corrected chi connectivity index (χ2v) is 5.86. The van der Waals surface area contributed by atoms with Gasteiger partial charge in [0.05, 0.1) is 6.04 Å². The van der Waals surface area contributed by atoms with Crippen LogP contribution in [0.15, 0.2) is 18.5 Å². The summed E-state index contributed by atoms with van der Waals surface area (Å²) in [6.07, 6.45) is 3.17. The van der Waals surface area contributed by atoms with E-state index in [0.717, 1.165) is 0 Å². The summed E-state index contributed by atoms with van der Waals surface area (Å²) in [5.41, 5.74) is 0. The first kappa shape index (κ1) is 17.1. The number of nitrogens with zero attached hydrogens (tertiary/aromatic N) is 4. The highest BCUT2D eigenvalue weighted by Crippen LogP contribution is 2.08. The van der Waals surface area contributed by atoms with Crippen molar-refractivity contribution in [2.75, 3.05) is 31.5 Å². The number of amides is 3. The van der Waals surface area contributed by atoms with E-state index in [1.54, 1.807) is 23.4 Å². The molecule has 1 aliphatic heterocycles. The number of urea groups is 1. The van der Waals surface area contributed by atoms with Gasteiger partial charge in [-0.3, -0.25) is 15.0 Å². The van der Waals surface area contributed by atoms with Gasteiger partial charge in [-0.15, -0.1) is 0 Å². The standard InChI is InChI=1S/C15H24N6O2/c1-11(2)18-15(23)21-9-7-20(8-10-21)12(3)13(22)19-14-16-5-4-6-17-14/h4-6,11-12H,7-10H2,1-3H3,(H,18,23)(H,16,17,19,22)/t12-/m1/s1. The fourth-order valence-corrected chi connectivity index (χ4v) is 2.39. The van der Waals surface area contributed by atoms with Crippen LogP contribution >= 0.6 is 0 Å². The van der Waals surface area contributed by atoms with Crippen LogP contribution in [0.3, 0.4) is 0 Å². The van der Waals surface area contributed by atoms with Gasteiger partial charge in [-0.1, -0.05) is 0 Å². The molecule has 0 saturated carbocycles. The summed E-state index contributed by atoms with van der Waals surface area (Å²) in [5, 5.41) is 5.59. The number of carbonyl (C=O) groups is 2. The van der Waals surface area contributed by atoms with Crippen LogP contribution in [-0.4, -0.2) is 70.0 Å². The summed E-state index contributed by atoms with van der Waals surface area (Å²) >= 11 is 0. The third kappa shape index (κ3) is 4.88. The van der Waals surface area contributed by atoms with Gasteiger partial charge in [0, 0.05) is 44.6 Å². The van der Waals surface area contributed by atoms with Crippen molar-refractivity contribution in [3.05, 3.63) is 18.5 Å². The first-order valence-electron chi connectivity index (χ1n) is 7.84. The van der Waals surface area contributed by atoms with E-state index in [0.29, 0.717) is 32.1 Å². The summed E-state index contributed by atoms with van der Waals surface area (Å²) in [5.74, 6) is 0.163. The van der Waals surface area contributed by atoms with Gasteiger partial charge < -0.3 is 10.2 Å². The van der Waals surface area contributed by atoms with E-state index < -0.39 is 0 Å². The second-order valence-electron chi connectivity index (χ2n) is 5.86. The van der Waals surface area contributed by atoms with Gasteiger partial charge in [-0.25, -0.2) is 14.8 Å². The molecule has 1 aromatic rings. The molecule has 1 saturated heterocycles. The molecule has 3 amide bonds. The van der Waals surface area contributed by atoms with Gasteiger partial charge in [0.1, 0.15) is 0 Å². The maximum atomic E-state index is 12.2. The highest BCUT2D eigenvalue weighted by atomic mass is 16.2. The molecule has 2 N–H and O–H groups in total. The highest BCUT2D eigenvalue weighted by Gasteiger charge is 2.27. The summed E-state index contributed by atoms with van der Waals surface area (Å²) in [6, 6.07) is 1.47. The Balaban J connectivity index is 1.82. The van der Waals surface area contributed by atoms with Gasteiger partial charge in [0.2, 0.25) is 11.9 Å². The van der Waals surface area contributed by atoms with E-state index in [-0.39, 0.29) is 24.0 Å². The van der Waals surface area contributed by atoms with Crippen molar-refractivity contribution in [2.24, 2.45) is 0 Å². The molecule has 126 valence electrons. The number of carbonyl (C=O) groups excluding carboxylic acids is 2. The van der Waals surface area contributed by atoms with Crippen molar-refractivity contribution < 1.29 is 9.59 Å². The van der Waals surface area contributed by atoms with Crippen LogP contribution in [-0.2, 0) is 4.79 Å². The zero-order valence-electron chi connectivity index (χ0n) is 13.8. The Labute approximate surface area is 136 Å². The highest BCUT2D eigenvalue weighted by molar-refractivity contribution is 5.93. The monoisotopic (exact) mass is 320 g/mol. The Bertz CT molecular complexity index is 528. The molecule has 0 unspecified atom stereocenters. The predicted molar refractivity (Wildman–Crippen MR) is 86.9 cm³/mol. The average Bonchev–Trinajstić information content (AvgIpc) is 2.54. The van der Waals surface area contributed by atoms with Crippen LogP contribution in [0.1, 0.15) is 20.8 Å². The lowest BCUT2D eigenvalue weighted by molar-refractivity contribution is -0.121. The average molecular weight is 320 g/mol. The minimum absolute atomic E-state index is 0.0468. The molecule has 0 aliphatic carbocycles. The SMILES string of the molecule is CC(C)NC(=O)N1CCN([C@H](C)C(=O)Nc2ncccn2)CC1. The van der Waals surface area contributed by atoms with Crippen molar-refractivity contribution in [2.45, 2.75) is 32.9 Å². The predicted octanol–water partition coefficient (Wildman–Crippen LogP) is 0.539. The third-order valence-corrected chi connectivity index (χ3v) is 3.74. The quantitative estimate of drug-likeness (QED) is 0.845. The van der Waals surface area contributed by atoms with Crippen LogP contribution in [0.2, 0.25) is 0 Å². The Morgan fingerprint density at radius 2 is 1.70 bits per heavy atom. The van der Waals surface area contributed by atoms with Crippen molar-refractivity contribution in [3.63, 3.8) is 0 Å². The van der Waals surface area contributed by atoms with Crippen LogP contribution in [0, 0.1) is 0 Å². The molecule has 2 heterocycles. The summed E-state index contributed by atoms with van der Waals surface area (Å²) < 4.78 is 0. The topological polar surface area (TPSA) is 90.5 Å². The van der Waals surface area contributed by atoms with Gasteiger partial charge in [0.25, 0.3) is 0 Å². The first-order chi connectivity index (χ1) is 11.0. The number of aromatic nitrogens is 2. The van der Waals surface area contributed by atoms with Crippen molar-refractivity contribution in [1.82, 2.24) is 25.1 Å². The summed E-state index contributed by atoms with van der Waals surface area (Å²) in [4.78, 5) is 36.0.